The largest absolute Gasteiger partial charge is 0.396 e. The van der Waals surface area contributed by atoms with Crippen molar-refractivity contribution in [3.05, 3.63) is 16.9 Å². The van der Waals surface area contributed by atoms with E-state index in [0.29, 0.717) is 18.2 Å². The van der Waals surface area contributed by atoms with E-state index in [9.17, 15) is 9.90 Å². The number of likely N-dealkylation sites (tertiary alicyclic amines) is 1. The van der Waals surface area contributed by atoms with E-state index in [-0.39, 0.29) is 24.5 Å². The molecule has 0 bridgehead atoms. The number of amides is 1. The molecule has 1 amide bonds. The van der Waals surface area contributed by atoms with E-state index in [4.69, 9.17) is 16.3 Å². The molecule has 2 heterocycles. The quantitative estimate of drug-likeness (QED) is 0.858. The van der Waals surface area contributed by atoms with Crippen LogP contribution in [0.15, 0.2) is 6.20 Å². The molecule has 1 N–H and O–H groups in total. The number of aromatic nitrogens is 2. The maximum atomic E-state index is 12.5. The number of nitrogens with zero attached hydrogens (tertiary/aromatic N) is 3. The number of aliphatic hydroxyl groups excluding tert-OH is 1. The van der Waals surface area contributed by atoms with Crippen molar-refractivity contribution in [2.24, 2.45) is 5.41 Å². The summed E-state index contributed by atoms with van der Waals surface area (Å²) in [4.78, 5) is 14.3. The Morgan fingerprint density at radius 2 is 2.36 bits per heavy atom. The maximum absolute atomic E-state index is 12.5. The van der Waals surface area contributed by atoms with Gasteiger partial charge in [-0.1, -0.05) is 11.6 Å². The van der Waals surface area contributed by atoms with Gasteiger partial charge < -0.3 is 14.7 Å². The Labute approximate surface area is 136 Å². The molecule has 6 nitrogen and oxygen atoms in total. The van der Waals surface area contributed by atoms with Gasteiger partial charge in [0.25, 0.3) is 0 Å². The van der Waals surface area contributed by atoms with Crippen LogP contribution >= 0.6 is 11.6 Å². The first kappa shape index (κ1) is 17.2. The van der Waals surface area contributed by atoms with Crippen LogP contribution in [0.1, 0.15) is 25.0 Å². The van der Waals surface area contributed by atoms with E-state index in [0.717, 1.165) is 31.5 Å². The van der Waals surface area contributed by atoms with Crippen LogP contribution in [0.3, 0.4) is 0 Å². The van der Waals surface area contributed by atoms with Crippen LogP contribution in [0.4, 0.5) is 0 Å². The molecular formula is C15H24ClN3O3. The van der Waals surface area contributed by atoms with Gasteiger partial charge in [0.2, 0.25) is 5.91 Å². The Hall–Kier alpha value is -1.11. The predicted octanol–water partition coefficient (Wildman–Crippen LogP) is 1.48. The Morgan fingerprint density at radius 3 is 2.95 bits per heavy atom. The normalized spacial score (nSPS) is 22.1. The van der Waals surface area contributed by atoms with Gasteiger partial charge in [-0.05, 0) is 26.2 Å². The van der Waals surface area contributed by atoms with Gasteiger partial charge in [0.05, 0.1) is 17.3 Å². The first-order valence-electron chi connectivity index (χ1n) is 7.57. The molecule has 0 radical (unpaired) electrons. The monoisotopic (exact) mass is 329 g/mol. The van der Waals surface area contributed by atoms with E-state index in [1.54, 1.807) is 18.0 Å². The summed E-state index contributed by atoms with van der Waals surface area (Å²) in [5.74, 6) is 0.00843. The second-order valence-electron chi connectivity index (χ2n) is 6.08. The predicted molar refractivity (Wildman–Crippen MR) is 83.8 cm³/mol. The molecule has 7 heteroatoms. The summed E-state index contributed by atoms with van der Waals surface area (Å²) in [6.45, 7) is 3.95. The van der Waals surface area contributed by atoms with Crippen LogP contribution in [0.2, 0.25) is 5.02 Å². The highest BCUT2D eigenvalue weighted by molar-refractivity contribution is 6.31. The third kappa shape index (κ3) is 4.00. The van der Waals surface area contributed by atoms with Crippen LogP contribution < -0.4 is 0 Å². The molecule has 1 fully saturated rings. The average molecular weight is 330 g/mol. The van der Waals surface area contributed by atoms with Crippen LogP contribution in [0.25, 0.3) is 0 Å². The molecule has 1 aromatic heterocycles. The van der Waals surface area contributed by atoms with Crippen LogP contribution in [0, 0.1) is 12.3 Å². The molecule has 0 spiro atoms. The number of carbonyl (C=O) groups excluding carboxylic acids is 1. The number of hydrogen-bond acceptors (Lipinski definition) is 4. The molecule has 2 rings (SSSR count). The molecule has 1 aliphatic heterocycles. The van der Waals surface area contributed by atoms with Crippen LogP contribution in [-0.4, -0.2) is 59.1 Å². The van der Waals surface area contributed by atoms with Gasteiger partial charge in [-0.3, -0.25) is 9.48 Å². The number of methoxy groups -OCH3 is 1. The zero-order valence-corrected chi connectivity index (χ0v) is 14.0. The summed E-state index contributed by atoms with van der Waals surface area (Å²) in [6.07, 6.45) is 4.25. The number of halogens is 1. The Bertz CT molecular complexity index is 501. The van der Waals surface area contributed by atoms with Gasteiger partial charge in [0.15, 0.2) is 0 Å². The Kier molecular flexibility index (Phi) is 5.83. The fourth-order valence-corrected chi connectivity index (χ4v) is 3.12. The van der Waals surface area contributed by atoms with Crippen molar-refractivity contribution in [3.63, 3.8) is 0 Å². The SMILES string of the molecule is COCCC1(CO)CCCN(C(=O)Cn2cc(Cl)c(C)n2)C1. The number of hydrogen-bond donors (Lipinski definition) is 1. The van der Waals surface area contributed by atoms with Gasteiger partial charge in [-0.25, -0.2) is 0 Å². The van der Waals surface area contributed by atoms with Gasteiger partial charge in [0, 0.05) is 38.4 Å². The fraction of sp³-hybridized carbons (Fsp3) is 0.733. The minimum atomic E-state index is -0.248. The van der Waals surface area contributed by atoms with E-state index >= 15 is 0 Å². The van der Waals surface area contributed by atoms with Crippen molar-refractivity contribution in [1.82, 2.24) is 14.7 Å². The molecule has 1 atom stereocenters. The lowest BCUT2D eigenvalue weighted by atomic mass is 9.78. The summed E-state index contributed by atoms with van der Waals surface area (Å²) >= 11 is 5.97. The number of aliphatic hydroxyl groups is 1. The first-order chi connectivity index (χ1) is 10.5. The van der Waals surface area contributed by atoms with Crippen molar-refractivity contribution in [2.75, 3.05) is 33.4 Å². The lowest BCUT2D eigenvalue weighted by molar-refractivity contribution is -0.136. The summed E-state index contributed by atoms with van der Waals surface area (Å²) in [5.41, 5.74) is 0.472. The number of piperidine rings is 1. The molecular weight excluding hydrogens is 306 g/mol. The molecule has 0 aliphatic carbocycles. The van der Waals surface area contributed by atoms with Crippen LogP contribution in [-0.2, 0) is 16.1 Å². The summed E-state index contributed by atoms with van der Waals surface area (Å²) in [5, 5.41) is 14.6. The second kappa shape index (κ2) is 7.44. The van der Waals surface area contributed by atoms with Gasteiger partial charge in [-0.15, -0.1) is 0 Å². The summed E-state index contributed by atoms with van der Waals surface area (Å²) in [7, 11) is 1.65. The van der Waals surface area contributed by atoms with Gasteiger partial charge in [0.1, 0.15) is 6.54 Å². The zero-order chi connectivity index (χ0) is 16.2. The van der Waals surface area contributed by atoms with E-state index in [1.165, 1.54) is 0 Å². The minimum absolute atomic E-state index is 0.00843. The molecule has 1 saturated heterocycles. The third-order valence-corrected chi connectivity index (χ3v) is 4.74. The highest BCUT2D eigenvalue weighted by Crippen LogP contribution is 2.33. The van der Waals surface area contributed by atoms with Crippen molar-refractivity contribution in [1.29, 1.82) is 0 Å². The lowest BCUT2D eigenvalue weighted by Gasteiger charge is -2.41. The Morgan fingerprint density at radius 1 is 1.59 bits per heavy atom. The van der Waals surface area contributed by atoms with Crippen molar-refractivity contribution >= 4 is 17.5 Å². The standard InChI is InChI=1S/C15H24ClN3O3/c1-12-13(16)8-19(17-12)9-14(21)18-6-3-4-15(10-18,11-20)5-7-22-2/h8,20H,3-7,9-11H2,1-2H3. The molecule has 1 unspecified atom stereocenters. The number of ether oxygens (including phenoxy) is 1. The smallest absolute Gasteiger partial charge is 0.244 e. The minimum Gasteiger partial charge on any atom is -0.396 e. The number of carbonyl (C=O) groups is 1. The number of rotatable bonds is 6. The van der Waals surface area contributed by atoms with Crippen molar-refractivity contribution in [2.45, 2.75) is 32.7 Å². The fourth-order valence-electron chi connectivity index (χ4n) is 2.96. The van der Waals surface area contributed by atoms with Crippen molar-refractivity contribution in [3.8, 4) is 0 Å². The highest BCUT2D eigenvalue weighted by Gasteiger charge is 2.36. The van der Waals surface area contributed by atoms with Gasteiger partial charge >= 0.3 is 0 Å². The average Bonchev–Trinajstić information content (AvgIpc) is 2.83. The van der Waals surface area contributed by atoms with E-state index in [2.05, 4.69) is 5.10 Å². The maximum Gasteiger partial charge on any atom is 0.244 e. The molecule has 22 heavy (non-hydrogen) atoms. The summed E-state index contributed by atoms with van der Waals surface area (Å²) < 4.78 is 6.71. The first-order valence-corrected chi connectivity index (χ1v) is 7.94. The van der Waals surface area contributed by atoms with E-state index in [1.807, 2.05) is 11.8 Å². The van der Waals surface area contributed by atoms with Crippen LogP contribution in [0.5, 0.6) is 0 Å². The third-order valence-electron chi connectivity index (χ3n) is 4.37. The zero-order valence-electron chi connectivity index (χ0n) is 13.2. The van der Waals surface area contributed by atoms with Crippen molar-refractivity contribution < 1.29 is 14.6 Å². The van der Waals surface area contributed by atoms with Gasteiger partial charge in [-0.2, -0.15) is 5.10 Å². The molecule has 1 aliphatic rings. The number of aryl methyl sites for hydroxylation is 1. The second-order valence-corrected chi connectivity index (χ2v) is 6.49. The Balaban J connectivity index is 1.99. The molecule has 1 aromatic rings. The topological polar surface area (TPSA) is 67.6 Å². The lowest BCUT2D eigenvalue weighted by Crippen LogP contribution is -2.49. The highest BCUT2D eigenvalue weighted by atomic mass is 35.5. The molecule has 124 valence electrons. The summed E-state index contributed by atoms with van der Waals surface area (Å²) in [6, 6.07) is 0. The molecule has 0 aromatic carbocycles. The van der Waals surface area contributed by atoms with E-state index < -0.39 is 0 Å². The molecule has 0 saturated carbocycles.